The predicted molar refractivity (Wildman–Crippen MR) is 147 cm³/mol. The molecule has 38 heavy (non-hydrogen) atoms. The molecule has 0 bridgehead atoms. The third kappa shape index (κ3) is 6.07. The molecule has 2 heterocycles. The molecule has 200 valence electrons. The summed E-state index contributed by atoms with van der Waals surface area (Å²) in [5.74, 6) is 2.28. The summed E-state index contributed by atoms with van der Waals surface area (Å²) in [5, 5.41) is 6.96. The summed E-state index contributed by atoms with van der Waals surface area (Å²) < 4.78 is 0. The van der Waals surface area contributed by atoms with Crippen LogP contribution in [-0.4, -0.2) is 69.5 Å². The number of carbonyl (C=O) groups is 3. The summed E-state index contributed by atoms with van der Waals surface area (Å²) in [5.41, 5.74) is 1.66. The van der Waals surface area contributed by atoms with Crippen LogP contribution in [0.1, 0.15) is 31.4 Å². The quantitative estimate of drug-likeness (QED) is 0.524. The van der Waals surface area contributed by atoms with Gasteiger partial charge in [0.2, 0.25) is 11.8 Å². The molecule has 0 saturated carbocycles. The lowest BCUT2D eigenvalue weighted by molar-refractivity contribution is -0.190. The van der Waals surface area contributed by atoms with E-state index in [-0.39, 0.29) is 43.9 Å². The van der Waals surface area contributed by atoms with E-state index in [9.17, 15) is 14.4 Å². The number of halogens is 2. The van der Waals surface area contributed by atoms with E-state index in [2.05, 4.69) is 11.2 Å². The minimum absolute atomic E-state index is 0.0701. The zero-order valence-electron chi connectivity index (χ0n) is 21.4. The van der Waals surface area contributed by atoms with Crippen molar-refractivity contribution < 1.29 is 14.4 Å². The van der Waals surface area contributed by atoms with E-state index >= 15 is 0 Å². The molecule has 0 unspecified atom stereocenters. The lowest BCUT2D eigenvalue weighted by Gasteiger charge is -2.55. The summed E-state index contributed by atoms with van der Waals surface area (Å²) in [6, 6.07) is 13.6. The molecule has 0 radical (unpaired) electrons. The predicted octanol–water partition coefficient (Wildman–Crippen LogP) is 3.98. The van der Waals surface area contributed by atoms with Gasteiger partial charge in [0.05, 0.1) is 19.6 Å². The largest absolute Gasteiger partial charge is 0.334 e. The van der Waals surface area contributed by atoms with Crippen LogP contribution in [0.4, 0.5) is 4.79 Å². The summed E-state index contributed by atoms with van der Waals surface area (Å²) >= 11 is 12.5. The van der Waals surface area contributed by atoms with E-state index in [0.717, 1.165) is 11.1 Å². The van der Waals surface area contributed by atoms with Gasteiger partial charge in [0.1, 0.15) is 12.2 Å². The molecular formula is C28H31Cl2N5O3. The van der Waals surface area contributed by atoms with Gasteiger partial charge in [-0.15, -0.1) is 6.42 Å². The van der Waals surface area contributed by atoms with Crippen LogP contribution in [0, 0.1) is 18.3 Å². The average molecular weight is 556 g/mol. The van der Waals surface area contributed by atoms with Crippen molar-refractivity contribution in [2.45, 2.75) is 45.6 Å². The average Bonchev–Trinajstić information content (AvgIpc) is 2.87. The summed E-state index contributed by atoms with van der Waals surface area (Å²) in [6.45, 7) is 4.61. The van der Waals surface area contributed by atoms with Crippen molar-refractivity contribution in [3.05, 3.63) is 69.7 Å². The second kappa shape index (κ2) is 12.1. The molecule has 2 saturated heterocycles. The maximum Gasteiger partial charge on any atom is 0.334 e. The minimum atomic E-state index is -0.729. The van der Waals surface area contributed by atoms with Crippen molar-refractivity contribution in [3.8, 4) is 12.3 Å². The van der Waals surface area contributed by atoms with Crippen LogP contribution >= 0.6 is 23.2 Å². The number of carbonyl (C=O) groups excluding carboxylic acids is 3. The van der Waals surface area contributed by atoms with Crippen molar-refractivity contribution in [1.29, 1.82) is 0 Å². The van der Waals surface area contributed by atoms with Crippen LogP contribution in [0.25, 0.3) is 0 Å². The van der Waals surface area contributed by atoms with E-state index < -0.39 is 18.2 Å². The van der Waals surface area contributed by atoms with Crippen molar-refractivity contribution in [3.63, 3.8) is 0 Å². The molecule has 2 fully saturated rings. The molecule has 0 spiro atoms. The molecule has 0 aliphatic carbocycles. The second-order valence-electron chi connectivity index (χ2n) is 9.90. The van der Waals surface area contributed by atoms with E-state index in [4.69, 9.17) is 29.6 Å². The van der Waals surface area contributed by atoms with Crippen LogP contribution in [0.3, 0.4) is 0 Å². The Bertz CT molecular complexity index is 1230. The normalized spacial score (nSPS) is 19.9. The molecule has 0 aromatic heterocycles. The molecule has 10 heteroatoms. The summed E-state index contributed by atoms with van der Waals surface area (Å²) in [7, 11) is 0. The number of benzene rings is 2. The Balaban J connectivity index is 1.67. The number of hydrogen-bond acceptors (Lipinski definition) is 4. The van der Waals surface area contributed by atoms with Gasteiger partial charge >= 0.3 is 6.03 Å². The Hall–Kier alpha value is -3.25. The van der Waals surface area contributed by atoms with Crippen LogP contribution in [0.2, 0.25) is 10.0 Å². The van der Waals surface area contributed by atoms with Crippen molar-refractivity contribution >= 4 is 41.0 Å². The number of amides is 4. The fourth-order valence-electron chi connectivity index (χ4n) is 4.96. The van der Waals surface area contributed by atoms with Gasteiger partial charge in [-0.25, -0.2) is 9.80 Å². The van der Waals surface area contributed by atoms with Gasteiger partial charge in [0, 0.05) is 23.1 Å². The van der Waals surface area contributed by atoms with Crippen molar-refractivity contribution in [2.75, 3.05) is 19.6 Å². The van der Waals surface area contributed by atoms with Crippen LogP contribution in [0.15, 0.2) is 48.5 Å². The first-order valence-electron chi connectivity index (χ1n) is 12.5. The van der Waals surface area contributed by atoms with Crippen LogP contribution < -0.4 is 5.32 Å². The maximum absolute atomic E-state index is 13.7. The Morgan fingerprint density at radius 3 is 2.55 bits per heavy atom. The Kier molecular flexibility index (Phi) is 8.83. The number of rotatable bonds is 7. The topological polar surface area (TPSA) is 76.2 Å². The van der Waals surface area contributed by atoms with Crippen LogP contribution in [-0.2, 0) is 22.7 Å². The Morgan fingerprint density at radius 2 is 1.89 bits per heavy atom. The number of urea groups is 1. The number of fused-ring (bicyclic) bond motifs is 1. The first-order chi connectivity index (χ1) is 18.2. The lowest BCUT2D eigenvalue weighted by atomic mass is 9.96. The molecule has 2 aromatic carbocycles. The highest BCUT2D eigenvalue weighted by Crippen LogP contribution is 2.31. The van der Waals surface area contributed by atoms with Gasteiger partial charge < -0.3 is 15.1 Å². The fourth-order valence-corrected chi connectivity index (χ4v) is 5.43. The van der Waals surface area contributed by atoms with E-state index in [0.29, 0.717) is 23.0 Å². The maximum atomic E-state index is 13.7. The molecular weight excluding hydrogens is 525 g/mol. The fraction of sp³-hybridized carbons (Fsp3) is 0.393. The molecule has 2 atom stereocenters. The molecule has 8 nitrogen and oxygen atoms in total. The minimum Gasteiger partial charge on any atom is -0.333 e. The van der Waals surface area contributed by atoms with Gasteiger partial charge in [-0.3, -0.25) is 9.59 Å². The SMILES string of the molecule is C#CCN1CC(=O)N2[C@@H](CC(C)C)C(=O)N(Cc3ccc(Cl)cc3Cl)C[C@@H]2N1C(=O)NCc1ccccc1. The number of hydrogen-bond donors (Lipinski definition) is 1. The molecule has 2 aromatic rings. The zero-order chi connectivity index (χ0) is 27.4. The van der Waals surface area contributed by atoms with Crippen molar-refractivity contribution in [2.24, 2.45) is 5.92 Å². The number of nitrogens with zero attached hydrogens (tertiary/aromatic N) is 4. The van der Waals surface area contributed by atoms with Crippen LogP contribution in [0.5, 0.6) is 0 Å². The number of nitrogens with one attached hydrogen (secondary N) is 1. The highest BCUT2D eigenvalue weighted by atomic mass is 35.5. The third-order valence-corrected chi connectivity index (χ3v) is 7.26. The highest BCUT2D eigenvalue weighted by Gasteiger charge is 2.51. The van der Waals surface area contributed by atoms with Gasteiger partial charge in [-0.1, -0.05) is 79.4 Å². The third-order valence-electron chi connectivity index (χ3n) is 6.67. The van der Waals surface area contributed by atoms with Gasteiger partial charge in [-0.05, 0) is 35.6 Å². The van der Waals surface area contributed by atoms with Gasteiger partial charge in [0.15, 0.2) is 0 Å². The van der Waals surface area contributed by atoms with Gasteiger partial charge in [-0.2, -0.15) is 5.01 Å². The van der Waals surface area contributed by atoms with E-state index in [1.165, 1.54) is 5.01 Å². The number of piperazine rings is 1. The standard InChI is InChI=1S/C28H31Cl2N5O3/c1-4-12-33-18-26(36)34-24(13-19(2)3)27(37)32(16-21-10-11-22(29)14-23(21)30)17-25(34)35(33)28(38)31-15-20-8-6-5-7-9-20/h1,5-11,14,19,24-25H,12-13,15-18H2,2-3H3,(H,31,38)/t24-,25-/m0/s1. The lowest BCUT2D eigenvalue weighted by Crippen LogP contribution is -2.76. The monoisotopic (exact) mass is 555 g/mol. The number of hydrazine groups is 1. The Morgan fingerprint density at radius 1 is 1.16 bits per heavy atom. The molecule has 4 amide bonds. The second-order valence-corrected chi connectivity index (χ2v) is 10.7. The smallest absolute Gasteiger partial charge is 0.333 e. The first-order valence-corrected chi connectivity index (χ1v) is 13.3. The van der Waals surface area contributed by atoms with Crippen molar-refractivity contribution in [1.82, 2.24) is 25.1 Å². The molecule has 2 aliphatic heterocycles. The number of terminal acetylenes is 1. The van der Waals surface area contributed by atoms with Gasteiger partial charge in [0.25, 0.3) is 0 Å². The van der Waals surface area contributed by atoms with E-state index in [1.807, 2.05) is 44.2 Å². The first kappa shape index (κ1) is 27.8. The molecule has 2 aliphatic rings. The summed E-state index contributed by atoms with van der Waals surface area (Å²) in [4.78, 5) is 44.0. The molecule has 1 N–H and O–H groups in total. The van der Waals surface area contributed by atoms with E-state index in [1.54, 1.807) is 33.0 Å². The summed E-state index contributed by atoms with van der Waals surface area (Å²) in [6.07, 6.45) is 5.34. The highest BCUT2D eigenvalue weighted by molar-refractivity contribution is 6.35. The zero-order valence-corrected chi connectivity index (χ0v) is 23.0. The Labute approximate surface area is 233 Å². The molecule has 4 rings (SSSR count).